The van der Waals surface area contributed by atoms with Gasteiger partial charge >= 0.3 is 5.97 Å². The summed E-state index contributed by atoms with van der Waals surface area (Å²) in [6.45, 7) is 0.00761. The number of aliphatic carboxylic acids is 1. The number of nitrogens with two attached hydrogens (primary N) is 2. The molecule has 12 nitrogen and oxygen atoms in total. The van der Waals surface area contributed by atoms with Crippen LogP contribution in [0.5, 0.6) is 0 Å². The number of rotatable bonds is 9. The lowest BCUT2D eigenvalue weighted by Gasteiger charge is -2.15. The van der Waals surface area contributed by atoms with E-state index in [9.17, 15) is 14.7 Å². The molecule has 0 fully saturated rings. The van der Waals surface area contributed by atoms with Crippen LogP contribution in [0.2, 0.25) is 0 Å². The molecular formula is C19H22N8O4. The molecular weight excluding hydrogens is 404 g/mol. The Bertz CT molecular complexity index is 1090. The summed E-state index contributed by atoms with van der Waals surface area (Å²) in [6.07, 6.45) is 1.55. The molecule has 1 unspecified atom stereocenters. The Morgan fingerprint density at radius 3 is 2.52 bits per heavy atom. The van der Waals surface area contributed by atoms with E-state index in [0.717, 1.165) is 5.69 Å². The lowest BCUT2D eigenvalue weighted by Crippen LogP contribution is -2.37. The second-order valence-electron chi connectivity index (χ2n) is 6.72. The summed E-state index contributed by atoms with van der Waals surface area (Å²) in [7, 11) is 0. The van der Waals surface area contributed by atoms with Crippen molar-refractivity contribution >= 4 is 40.5 Å². The Hall–Kier alpha value is -4.06. The van der Waals surface area contributed by atoms with Crippen molar-refractivity contribution in [3.05, 3.63) is 41.7 Å². The van der Waals surface area contributed by atoms with Crippen molar-refractivity contribution in [1.82, 2.24) is 25.3 Å². The number of fused-ring (bicyclic) bond motifs is 1. The predicted molar refractivity (Wildman–Crippen MR) is 113 cm³/mol. The minimum absolute atomic E-state index is 0.0292. The highest BCUT2D eigenvalue weighted by Crippen LogP contribution is 2.16. The highest BCUT2D eigenvalue weighted by Gasteiger charge is 2.14. The largest absolute Gasteiger partial charge is 0.481 e. The number of anilines is 3. The molecule has 0 aliphatic rings. The molecule has 1 aromatic carbocycles. The second-order valence-corrected chi connectivity index (χ2v) is 6.72. The van der Waals surface area contributed by atoms with Crippen LogP contribution in [0.1, 0.15) is 28.9 Å². The Labute approximate surface area is 176 Å². The van der Waals surface area contributed by atoms with Gasteiger partial charge in [0, 0.05) is 17.7 Å². The van der Waals surface area contributed by atoms with Crippen LogP contribution < -0.4 is 22.1 Å². The molecule has 0 saturated carbocycles. The first-order chi connectivity index (χ1) is 14.9. The summed E-state index contributed by atoms with van der Waals surface area (Å²) < 4.78 is 0. The molecule has 1 atom stereocenters. The van der Waals surface area contributed by atoms with E-state index in [0.29, 0.717) is 29.0 Å². The lowest BCUT2D eigenvalue weighted by atomic mass is 10.1. The molecule has 2 heterocycles. The Morgan fingerprint density at radius 2 is 1.84 bits per heavy atom. The van der Waals surface area contributed by atoms with Gasteiger partial charge in [0.05, 0.1) is 31.1 Å². The maximum Gasteiger partial charge on any atom is 0.303 e. The monoisotopic (exact) mass is 426 g/mol. The van der Waals surface area contributed by atoms with Crippen LogP contribution in [0, 0.1) is 0 Å². The normalized spacial score (nSPS) is 11.8. The molecule has 3 aromatic rings. The summed E-state index contributed by atoms with van der Waals surface area (Å²) >= 11 is 0. The summed E-state index contributed by atoms with van der Waals surface area (Å²) in [4.78, 5) is 39.4. The predicted octanol–water partition coefficient (Wildman–Crippen LogP) is 0.152. The van der Waals surface area contributed by atoms with Gasteiger partial charge in [0.2, 0.25) is 5.95 Å². The molecule has 31 heavy (non-hydrogen) atoms. The van der Waals surface area contributed by atoms with Crippen molar-refractivity contribution in [1.29, 1.82) is 0 Å². The number of nitrogens with zero attached hydrogens (tertiary/aromatic N) is 4. The van der Waals surface area contributed by atoms with Crippen molar-refractivity contribution in [2.24, 2.45) is 0 Å². The average Bonchev–Trinajstić information content (AvgIpc) is 2.75. The van der Waals surface area contributed by atoms with Crippen LogP contribution in [0.4, 0.5) is 17.5 Å². The minimum Gasteiger partial charge on any atom is -0.481 e. The molecule has 0 spiro atoms. The van der Waals surface area contributed by atoms with Crippen molar-refractivity contribution in [3.63, 3.8) is 0 Å². The van der Waals surface area contributed by atoms with Crippen LogP contribution >= 0.6 is 0 Å². The number of hydrogen-bond donors (Lipinski definition) is 6. The van der Waals surface area contributed by atoms with E-state index in [2.05, 4.69) is 30.6 Å². The van der Waals surface area contributed by atoms with Gasteiger partial charge in [-0.25, -0.2) is 9.97 Å². The number of aliphatic hydroxyl groups is 1. The third-order valence-electron chi connectivity index (χ3n) is 4.38. The van der Waals surface area contributed by atoms with E-state index in [1.54, 1.807) is 30.5 Å². The van der Waals surface area contributed by atoms with E-state index >= 15 is 0 Å². The Kier molecular flexibility index (Phi) is 6.72. The second kappa shape index (κ2) is 9.63. The smallest absolute Gasteiger partial charge is 0.303 e. The molecule has 1 amide bonds. The number of nitrogens with one attached hydrogen (secondary N) is 2. The van der Waals surface area contributed by atoms with Crippen LogP contribution in [-0.2, 0) is 11.3 Å². The number of aromatic nitrogens is 4. The van der Waals surface area contributed by atoms with Gasteiger partial charge in [-0.15, -0.1) is 0 Å². The zero-order valence-corrected chi connectivity index (χ0v) is 16.4. The molecule has 3 rings (SSSR count). The highest BCUT2D eigenvalue weighted by molar-refractivity contribution is 5.94. The van der Waals surface area contributed by atoms with Gasteiger partial charge in [0.25, 0.3) is 5.91 Å². The Morgan fingerprint density at radius 1 is 1.10 bits per heavy atom. The zero-order chi connectivity index (χ0) is 22.4. The quantitative estimate of drug-likeness (QED) is 0.272. The van der Waals surface area contributed by atoms with Gasteiger partial charge in [-0.05, 0) is 30.7 Å². The topological polar surface area (TPSA) is 202 Å². The number of nitrogen functional groups attached to an aromatic ring is 2. The first-order valence-corrected chi connectivity index (χ1v) is 9.37. The number of carboxylic acids is 1. The number of carbonyl (C=O) groups excluding carboxylic acids is 1. The van der Waals surface area contributed by atoms with Crippen molar-refractivity contribution in [3.8, 4) is 0 Å². The SMILES string of the molecule is Nc1nc(N)c2nc(CNc3ccc(C(=O)NC(CO)CCC(=O)O)cc3)cnc2n1. The number of benzene rings is 1. The van der Waals surface area contributed by atoms with Gasteiger partial charge < -0.3 is 32.3 Å². The number of carbonyl (C=O) groups is 2. The minimum atomic E-state index is -0.987. The fourth-order valence-corrected chi connectivity index (χ4v) is 2.78. The van der Waals surface area contributed by atoms with Crippen LogP contribution in [0.15, 0.2) is 30.5 Å². The first-order valence-electron chi connectivity index (χ1n) is 9.37. The van der Waals surface area contributed by atoms with Crippen LogP contribution in [0.25, 0.3) is 11.2 Å². The maximum absolute atomic E-state index is 12.3. The van der Waals surface area contributed by atoms with E-state index in [1.807, 2.05) is 0 Å². The molecule has 0 bridgehead atoms. The molecule has 2 aromatic heterocycles. The molecule has 162 valence electrons. The standard InChI is InChI=1S/C19H22N8O4/c20-16-15-17(27-19(21)26-16)23-8-13(24-15)7-22-11-3-1-10(2-4-11)18(31)25-12(9-28)5-6-14(29)30/h1-4,8,12,22,28H,5-7,9H2,(H,25,31)(H,29,30)(H4,20,21,23,26,27). The van der Waals surface area contributed by atoms with Gasteiger partial charge in [-0.1, -0.05) is 0 Å². The highest BCUT2D eigenvalue weighted by atomic mass is 16.4. The molecule has 0 aliphatic heterocycles. The van der Waals surface area contributed by atoms with E-state index in [-0.39, 0.29) is 31.2 Å². The fraction of sp³-hybridized carbons (Fsp3) is 0.263. The molecule has 12 heteroatoms. The summed E-state index contributed by atoms with van der Waals surface area (Å²) in [5.74, 6) is -1.21. The molecule has 8 N–H and O–H groups in total. The number of aliphatic hydroxyl groups excluding tert-OH is 1. The summed E-state index contributed by atoms with van der Waals surface area (Å²) in [5.41, 5.74) is 13.8. The van der Waals surface area contributed by atoms with Gasteiger partial charge in [-0.3, -0.25) is 9.59 Å². The molecule has 0 saturated heterocycles. The summed E-state index contributed by atoms with van der Waals surface area (Å²) in [6, 6.07) is 6.03. The van der Waals surface area contributed by atoms with E-state index in [4.69, 9.17) is 16.6 Å². The van der Waals surface area contributed by atoms with Gasteiger partial charge in [-0.2, -0.15) is 9.97 Å². The number of hydrogen-bond acceptors (Lipinski definition) is 10. The van der Waals surface area contributed by atoms with Crippen molar-refractivity contribution < 1.29 is 19.8 Å². The lowest BCUT2D eigenvalue weighted by molar-refractivity contribution is -0.137. The van der Waals surface area contributed by atoms with E-state index < -0.39 is 17.9 Å². The molecule has 0 aliphatic carbocycles. The summed E-state index contributed by atoms with van der Waals surface area (Å²) in [5, 5.41) is 23.8. The fourth-order valence-electron chi connectivity index (χ4n) is 2.78. The van der Waals surface area contributed by atoms with E-state index in [1.165, 1.54) is 0 Å². The van der Waals surface area contributed by atoms with Gasteiger partial charge in [0.15, 0.2) is 17.0 Å². The number of amides is 1. The average molecular weight is 426 g/mol. The van der Waals surface area contributed by atoms with Gasteiger partial charge in [0.1, 0.15) is 0 Å². The molecule has 0 radical (unpaired) electrons. The van der Waals surface area contributed by atoms with Crippen molar-refractivity contribution in [2.75, 3.05) is 23.4 Å². The first kappa shape index (κ1) is 21.6. The van der Waals surface area contributed by atoms with Crippen LogP contribution in [0.3, 0.4) is 0 Å². The Balaban J connectivity index is 1.59. The third-order valence-corrected chi connectivity index (χ3v) is 4.38. The maximum atomic E-state index is 12.3. The number of carboxylic acid groups (broad SMARTS) is 1. The van der Waals surface area contributed by atoms with Crippen LogP contribution in [-0.4, -0.2) is 54.7 Å². The zero-order valence-electron chi connectivity index (χ0n) is 16.4. The third kappa shape index (κ3) is 5.73. The van der Waals surface area contributed by atoms with Crippen molar-refractivity contribution in [2.45, 2.75) is 25.4 Å².